The number of methoxy groups -OCH3 is 1. The summed E-state index contributed by atoms with van der Waals surface area (Å²) in [5.41, 5.74) is 0.734. The lowest BCUT2D eigenvalue weighted by Gasteiger charge is -2.32. The lowest BCUT2D eigenvalue weighted by Crippen LogP contribution is -2.44. The van der Waals surface area contributed by atoms with Crippen molar-refractivity contribution in [2.45, 2.75) is 18.9 Å². The van der Waals surface area contributed by atoms with Crippen molar-refractivity contribution in [3.8, 4) is 11.8 Å². The topological polar surface area (TPSA) is 64.6 Å². The lowest BCUT2D eigenvalue weighted by atomic mass is 10.0. The van der Waals surface area contributed by atoms with Crippen molar-refractivity contribution in [2.75, 3.05) is 20.2 Å². The number of hydrogen-bond acceptors (Lipinski definition) is 5. The highest BCUT2D eigenvalue weighted by Gasteiger charge is 2.26. The van der Waals surface area contributed by atoms with Gasteiger partial charge in [-0.2, -0.15) is 0 Å². The van der Waals surface area contributed by atoms with Crippen molar-refractivity contribution in [2.24, 2.45) is 0 Å². The molecule has 1 saturated heterocycles. The first kappa shape index (κ1) is 17.3. The van der Waals surface area contributed by atoms with Gasteiger partial charge in [-0.1, -0.05) is 36.4 Å². The fourth-order valence-corrected chi connectivity index (χ4v) is 3.45. The molecular formula is C21H21N3O3. The Morgan fingerprint density at radius 3 is 2.63 bits per heavy atom. The minimum absolute atomic E-state index is 0.0425. The molecule has 3 aromatic rings. The zero-order chi connectivity index (χ0) is 18.6. The molecule has 1 amide bonds. The van der Waals surface area contributed by atoms with E-state index in [0.29, 0.717) is 18.3 Å². The maximum atomic E-state index is 13.1. The number of benzene rings is 2. The van der Waals surface area contributed by atoms with E-state index < -0.39 is 0 Å². The maximum Gasteiger partial charge on any atom is 0.254 e. The zero-order valence-corrected chi connectivity index (χ0v) is 15.2. The molecule has 0 spiro atoms. The number of amides is 1. The van der Waals surface area contributed by atoms with Gasteiger partial charge >= 0.3 is 0 Å². The molecule has 138 valence electrons. The standard InChI is InChI=1S/C21H21N3O3/c1-26-19-11-12-20(23-22-19)27-16-8-5-13-24(14-16)21(25)18-10-4-7-15-6-2-3-9-17(15)18/h2-4,6-7,9-12,16H,5,8,13-14H2,1H3. The van der Waals surface area contributed by atoms with Crippen LogP contribution in [0, 0.1) is 0 Å². The first-order chi connectivity index (χ1) is 13.2. The van der Waals surface area contributed by atoms with Crippen LogP contribution in [0.4, 0.5) is 0 Å². The van der Waals surface area contributed by atoms with Crippen molar-refractivity contribution in [1.29, 1.82) is 0 Å². The highest BCUT2D eigenvalue weighted by molar-refractivity contribution is 6.07. The van der Waals surface area contributed by atoms with Gasteiger partial charge in [0.1, 0.15) is 6.10 Å². The number of rotatable bonds is 4. The second-order valence-corrected chi connectivity index (χ2v) is 6.57. The zero-order valence-electron chi connectivity index (χ0n) is 15.2. The number of fused-ring (bicyclic) bond motifs is 1. The summed E-state index contributed by atoms with van der Waals surface area (Å²) in [5.74, 6) is 0.930. The monoisotopic (exact) mass is 363 g/mol. The Kier molecular flexibility index (Phi) is 4.87. The third kappa shape index (κ3) is 3.69. The number of aromatic nitrogens is 2. The van der Waals surface area contributed by atoms with Crippen molar-refractivity contribution < 1.29 is 14.3 Å². The number of ether oxygens (including phenoxy) is 2. The van der Waals surface area contributed by atoms with Gasteiger partial charge in [-0.05, 0) is 29.7 Å². The van der Waals surface area contributed by atoms with Gasteiger partial charge in [-0.3, -0.25) is 4.79 Å². The molecule has 6 nitrogen and oxygen atoms in total. The molecule has 1 unspecified atom stereocenters. The summed E-state index contributed by atoms with van der Waals surface area (Å²) >= 11 is 0. The molecular weight excluding hydrogens is 342 g/mol. The molecule has 1 fully saturated rings. The summed E-state index contributed by atoms with van der Waals surface area (Å²) < 4.78 is 10.9. The van der Waals surface area contributed by atoms with E-state index in [2.05, 4.69) is 10.2 Å². The Hall–Kier alpha value is -3.15. The fourth-order valence-electron chi connectivity index (χ4n) is 3.45. The average Bonchev–Trinajstić information content (AvgIpc) is 2.73. The summed E-state index contributed by atoms with van der Waals surface area (Å²) in [6.45, 7) is 1.27. The Morgan fingerprint density at radius 2 is 1.81 bits per heavy atom. The normalized spacial score (nSPS) is 16.9. The van der Waals surface area contributed by atoms with E-state index in [1.54, 1.807) is 19.2 Å². The van der Waals surface area contributed by atoms with Gasteiger partial charge in [-0.15, -0.1) is 10.2 Å². The predicted molar refractivity (Wildman–Crippen MR) is 102 cm³/mol. The van der Waals surface area contributed by atoms with Crippen LogP contribution < -0.4 is 9.47 Å². The summed E-state index contributed by atoms with van der Waals surface area (Å²) in [5, 5.41) is 9.98. The number of likely N-dealkylation sites (tertiary alicyclic amines) is 1. The molecule has 0 N–H and O–H groups in total. The van der Waals surface area contributed by atoms with E-state index in [4.69, 9.17) is 9.47 Å². The van der Waals surface area contributed by atoms with Crippen LogP contribution in [0.5, 0.6) is 11.8 Å². The van der Waals surface area contributed by atoms with Crippen LogP contribution in [-0.4, -0.2) is 47.3 Å². The molecule has 1 aliphatic rings. The average molecular weight is 363 g/mol. The van der Waals surface area contributed by atoms with E-state index in [1.165, 1.54) is 0 Å². The Morgan fingerprint density at radius 1 is 1.04 bits per heavy atom. The second kappa shape index (κ2) is 7.61. The van der Waals surface area contributed by atoms with Gasteiger partial charge in [0, 0.05) is 24.2 Å². The SMILES string of the molecule is COc1ccc(OC2CCCN(C(=O)c3cccc4ccccc34)C2)nn1. The highest BCUT2D eigenvalue weighted by Crippen LogP contribution is 2.23. The molecule has 2 heterocycles. The van der Waals surface area contributed by atoms with Crippen molar-refractivity contribution in [3.63, 3.8) is 0 Å². The lowest BCUT2D eigenvalue weighted by molar-refractivity contribution is 0.0527. The molecule has 6 heteroatoms. The summed E-state index contributed by atoms with van der Waals surface area (Å²) in [6, 6.07) is 17.3. The third-order valence-electron chi connectivity index (χ3n) is 4.80. The van der Waals surface area contributed by atoms with Crippen LogP contribution in [0.2, 0.25) is 0 Å². The van der Waals surface area contributed by atoms with Crippen LogP contribution in [0.1, 0.15) is 23.2 Å². The molecule has 1 aliphatic heterocycles. The minimum Gasteiger partial charge on any atom is -0.480 e. The summed E-state index contributed by atoms with van der Waals surface area (Å²) in [6.07, 6.45) is 1.68. The van der Waals surface area contributed by atoms with Gasteiger partial charge in [0.05, 0.1) is 13.7 Å². The molecule has 0 aliphatic carbocycles. The molecule has 2 aromatic carbocycles. The first-order valence-corrected chi connectivity index (χ1v) is 9.06. The van der Waals surface area contributed by atoms with E-state index in [1.807, 2.05) is 47.4 Å². The van der Waals surface area contributed by atoms with Crippen LogP contribution in [-0.2, 0) is 0 Å². The first-order valence-electron chi connectivity index (χ1n) is 9.06. The van der Waals surface area contributed by atoms with Crippen molar-refractivity contribution in [3.05, 3.63) is 60.2 Å². The maximum absolute atomic E-state index is 13.1. The van der Waals surface area contributed by atoms with Crippen LogP contribution in [0.25, 0.3) is 10.8 Å². The van der Waals surface area contributed by atoms with Crippen LogP contribution in [0.15, 0.2) is 54.6 Å². The number of carbonyl (C=O) groups is 1. The second-order valence-electron chi connectivity index (χ2n) is 6.57. The molecule has 0 radical (unpaired) electrons. The van der Waals surface area contributed by atoms with Gasteiger partial charge in [0.2, 0.25) is 11.8 Å². The van der Waals surface area contributed by atoms with Crippen LogP contribution in [0.3, 0.4) is 0 Å². The molecule has 27 heavy (non-hydrogen) atoms. The molecule has 0 bridgehead atoms. The van der Waals surface area contributed by atoms with Crippen molar-refractivity contribution in [1.82, 2.24) is 15.1 Å². The number of hydrogen-bond donors (Lipinski definition) is 0. The van der Waals surface area contributed by atoms with Gasteiger partial charge in [0.15, 0.2) is 0 Å². The molecule has 1 atom stereocenters. The minimum atomic E-state index is -0.0969. The smallest absolute Gasteiger partial charge is 0.254 e. The summed E-state index contributed by atoms with van der Waals surface area (Å²) in [7, 11) is 1.54. The van der Waals surface area contributed by atoms with E-state index in [0.717, 1.165) is 35.7 Å². The van der Waals surface area contributed by atoms with E-state index >= 15 is 0 Å². The van der Waals surface area contributed by atoms with Crippen molar-refractivity contribution >= 4 is 16.7 Å². The number of piperidine rings is 1. The molecule has 4 rings (SSSR count). The predicted octanol–water partition coefficient (Wildman–Crippen LogP) is 3.32. The Labute approximate surface area is 157 Å². The number of carbonyl (C=O) groups excluding carboxylic acids is 1. The van der Waals surface area contributed by atoms with Crippen LogP contribution >= 0.6 is 0 Å². The van der Waals surface area contributed by atoms with E-state index in [-0.39, 0.29) is 12.0 Å². The summed E-state index contributed by atoms with van der Waals surface area (Å²) in [4.78, 5) is 15.0. The number of nitrogens with zero attached hydrogens (tertiary/aromatic N) is 3. The highest BCUT2D eigenvalue weighted by atomic mass is 16.5. The quantitative estimate of drug-likeness (QED) is 0.711. The molecule has 0 saturated carbocycles. The Bertz CT molecular complexity index is 938. The molecule has 1 aromatic heterocycles. The fraction of sp³-hybridized carbons (Fsp3) is 0.286. The van der Waals surface area contributed by atoms with E-state index in [9.17, 15) is 4.79 Å². The third-order valence-corrected chi connectivity index (χ3v) is 4.80. The largest absolute Gasteiger partial charge is 0.480 e. The van der Waals surface area contributed by atoms with Gasteiger partial charge in [0.25, 0.3) is 5.91 Å². The van der Waals surface area contributed by atoms with Gasteiger partial charge < -0.3 is 14.4 Å². The Balaban J connectivity index is 1.49. The van der Waals surface area contributed by atoms with Gasteiger partial charge in [-0.25, -0.2) is 0 Å².